The molecule has 26 heavy (non-hydrogen) atoms. The van der Waals surface area contributed by atoms with Crippen molar-refractivity contribution >= 4 is 11.8 Å². The van der Waals surface area contributed by atoms with Gasteiger partial charge in [-0.25, -0.2) is 4.98 Å². The fourth-order valence-electron chi connectivity index (χ4n) is 3.71. The topological polar surface area (TPSA) is 44.7 Å². The summed E-state index contributed by atoms with van der Waals surface area (Å²) in [6.45, 7) is 9.62. The molecule has 6 nitrogen and oxygen atoms in total. The van der Waals surface area contributed by atoms with Gasteiger partial charge in [0.05, 0.1) is 13.2 Å². The van der Waals surface area contributed by atoms with Crippen molar-refractivity contribution in [2.24, 2.45) is 0 Å². The lowest BCUT2D eigenvalue weighted by atomic mass is 10.1. The Balaban J connectivity index is 1.39. The zero-order valence-electron chi connectivity index (χ0n) is 15.4. The summed E-state index contributed by atoms with van der Waals surface area (Å²) in [7, 11) is 0. The van der Waals surface area contributed by atoms with Gasteiger partial charge in [-0.1, -0.05) is 30.3 Å². The quantitative estimate of drug-likeness (QED) is 0.840. The lowest BCUT2D eigenvalue weighted by Gasteiger charge is -2.38. The fourth-order valence-corrected chi connectivity index (χ4v) is 3.71. The van der Waals surface area contributed by atoms with E-state index in [4.69, 9.17) is 9.72 Å². The minimum absolute atomic E-state index is 0.443. The van der Waals surface area contributed by atoms with E-state index in [-0.39, 0.29) is 0 Å². The van der Waals surface area contributed by atoms with E-state index in [0.717, 1.165) is 64.2 Å². The Hall–Kier alpha value is -2.18. The normalized spacial score (nSPS) is 20.2. The zero-order chi connectivity index (χ0) is 17.8. The summed E-state index contributed by atoms with van der Waals surface area (Å²) < 4.78 is 5.44. The van der Waals surface area contributed by atoms with Gasteiger partial charge >= 0.3 is 0 Å². The number of aromatic nitrogens is 2. The van der Waals surface area contributed by atoms with E-state index in [1.54, 1.807) is 0 Å². The summed E-state index contributed by atoms with van der Waals surface area (Å²) >= 11 is 0. The van der Waals surface area contributed by atoms with Gasteiger partial charge in [-0.3, -0.25) is 4.90 Å². The largest absolute Gasteiger partial charge is 0.378 e. The van der Waals surface area contributed by atoms with Crippen molar-refractivity contribution in [1.29, 1.82) is 0 Å². The third-order valence-corrected chi connectivity index (χ3v) is 5.39. The molecule has 2 aliphatic heterocycles. The number of rotatable bonds is 4. The molecule has 1 atom stereocenters. The zero-order valence-corrected chi connectivity index (χ0v) is 15.4. The molecular weight excluding hydrogens is 326 g/mol. The van der Waals surface area contributed by atoms with Crippen LogP contribution >= 0.6 is 0 Å². The van der Waals surface area contributed by atoms with Crippen molar-refractivity contribution in [1.82, 2.24) is 14.9 Å². The molecule has 2 saturated heterocycles. The summed E-state index contributed by atoms with van der Waals surface area (Å²) in [5.74, 6) is 1.86. The van der Waals surface area contributed by atoms with Gasteiger partial charge in [-0.05, 0) is 18.6 Å². The van der Waals surface area contributed by atoms with Crippen molar-refractivity contribution < 1.29 is 4.74 Å². The molecule has 138 valence electrons. The summed E-state index contributed by atoms with van der Waals surface area (Å²) in [6, 6.07) is 13.2. The molecule has 0 aliphatic carbocycles. The van der Waals surface area contributed by atoms with Crippen LogP contribution in [-0.2, 0) is 4.74 Å². The van der Waals surface area contributed by atoms with Crippen molar-refractivity contribution in [3.05, 3.63) is 48.2 Å². The Labute approximate surface area is 155 Å². The van der Waals surface area contributed by atoms with Crippen LogP contribution in [-0.4, -0.2) is 67.4 Å². The highest BCUT2D eigenvalue weighted by atomic mass is 16.5. The molecule has 0 amide bonds. The number of hydrogen-bond donors (Lipinski definition) is 0. The minimum Gasteiger partial charge on any atom is -0.378 e. The number of ether oxygens (including phenoxy) is 1. The van der Waals surface area contributed by atoms with Crippen LogP contribution in [0.2, 0.25) is 0 Å². The predicted molar refractivity (Wildman–Crippen MR) is 104 cm³/mol. The average molecular weight is 353 g/mol. The van der Waals surface area contributed by atoms with Gasteiger partial charge in [-0.15, -0.1) is 0 Å². The number of anilines is 2. The van der Waals surface area contributed by atoms with E-state index in [9.17, 15) is 0 Å². The summed E-state index contributed by atoms with van der Waals surface area (Å²) in [5, 5.41) is 0. The maximum Gasteiger partial charge on any atom is 0.227 e. The highest BCUT2D eigenvalue weighted by Gasteiger charge is 2.24. The van der Waals surface area contributed by atoms with Crippen LogP contribution in [0.5, 0.6) is 0 Å². The SMILES string of the molecule is CC(c1ccccc1)N1CCN(c2nccc(N3CCOCC3)n2)CC1. The number of morpholine rings is 1. The van der Waals surface area contributed by atoms with Crippen LogP contribution in [0.4, 0.5) is 11.8 Å². The van der Waals surface area contributed by atoms with Crippen LogP contribution in [0.25, 0.3) is 0 Å². The number of piperazine rings is 1. The lowest BCUT2D eigenvalue weighted by Crippen LogP contribution is -2.47. The van der Waals surface area contributed by atoms with Gasteiger partial charge in [0.25, 0.3) is 0 Å². The van der Waals surface area contributed by atoms with E-state index in [1.807, 2.05) is 12.3 Å². The molecule has 2 fully saturated rings. The highest BCUT2D eigenvalue weighted by Crippen LogP contribution is 2.23. The van der Waals surface area contributed by atoms with Crippen molar-refractivity contribution in [3.63, 3.8) is 0 Å². The maximum atomic E-state index is 5.44. The number of nitrogens with zero attached hydrogens (tertiary/aromatic N) is 5. The summed E-state index contributed by atoms with van der Waals surface area (Å²) in [4.78, 5) is 16.5. The third-order valence-electron chi connectivity index (χ3n) is 5.39. The summed E-state index contributed by atoms with van der Waals surface area (Å²) in [6.07, 6.45) is 1.88. The fraction of sp³-hybridized carbons (Fsp3) is 0.500. The Morgan fingerprint density at radius 3 is 2.35 bits per heavy atom. The second-order valence-electron chi connectivity index (χ2n) is 6.92. The second-order valence-corrected chi connectivity index (χ2v) is 6.92. The molecule has 0 bridgehead atoms. The standard InChI is InChI=1S/C20H27N5O/c1-17(18-5-3-2-4-6-18)23-9-11-25(12-10-23)20-21-8-7-19(22-20)24-13-15-26-16-14-24/h2-8,17H,9-16H2,1H3. The first-order chi connectivity index (χ1) is 12.8. The Morgan fingerprint density at radius 2 is 1.62 bits per heavy atom. The van der Waals surface area contributed by atoms with Gasteiger partial charge in [0.15, 0.2) is 0 Å². The Kier molecular flexibility index (Phi) is 5.32. The first-order valence-electron chi connectivity index (χ1n) is 9.51. The molecule has 3 heterocycles. The molecule has 2 aliphatic rings. The number of benzene rings is 1. The van der Waals surface area contributed by atoms with E-state index in [0.29, 0.717) is 6.04 Å². The van der Waals surface area contributed by atoms with Crippen LogP contribution in [0.1, 0.15) is 18.5 Å². The molecule has 1 aromatic carbocycles. The molecule has 0 radical (unpaired) electrons. The molecular formula is C20H27N5O. The minimum atomic E-state index is 0.443. The number of hydrogen-bond acceptors (Lipinski definition) is 6. The van der Waals surface area contributed by atoms with Crippen LogP contribution in [0, 0.1) is 0 Å². The van der Waals surface area contributed by atoms with E-state index in [1.165, 1.54) is 5.56 Å². The highest BCUT2D eigenvalue weighted by molar-refractivity contribution is 5.44. The molecule has 2 aromatic rings. The van der Waals surface area contributed by atoms with Crippen LogP contribution in [0.3, 0.4) is 0 Å². The van der Waals surface area contributed by atoms with E-state index in [2.05, 4.69) is 56.9 Å². The van der Waals surface area contributed by atoms with Gasteiger partial charge in [-0.2, -0.15) is 4.98 Å². The van der Waals surface area contributed by atoms with Crippen molar-refractivity contribution in [2.45, 2.75) is 13.0 Å². The smallest absolute Gasteiger partial charge is 0.227 e. The Morgan fingerprint density at radius 1 is 0.885 bits per heavy atom. The van der Waals surface area contributed by atoms with Gasteiger partial charge < -0.3 is 14.5 Å². The first kappa shape index (κ1) is 17.2. The molecule has 6 heteroatoms. The molecule has 0 spiro atoms. The van der Waals surface area contributed by atoms with E-state index >= 15 is 0 Å². The lowest BCUT2D eigenvalue weighted by molar-refractivity contribution is 0.122. The van der Waals surface area contributed by atoms with Crippen LogP contribution < -0.4 is 9.80 Å². The second kappa shape index (κ2) is 8.01. The van der Waals surface area contributed by atoms with Crippen LogP contribution in [0.15, 0.2) is 42.6 Å². The first-order valence-corrected chi connectivity index (χ1v) is 9.51. The monoisotopic (exact) mass is 353 g/mol. The van der Waals surface area contributed by atoms with Crippen molar-refractivity contribution in [2.75, 3.05) is 62.3 Å². The molecule has 1 aromatic heterocycles. The van der Waals surface area contributed by atoms with Gasteiger partial charge in [0, 0.05) is 51.5 Å². The summed E-state index contributed by atoms with van der Waals surface area (Å²) in [5.41, 5.74) is 1.38. The molecule has 4 rings (SSSR count). The van der Waals surface area contributed by atoms with Gasteiger partial charge in [0.1, 0.15) is 5.82 Å². The maximum absolute atomic E-state index is 5.44. The average Bonchev–Trinajstić information content (AvgIpc) is 2.75. The Bertz CT molecular complexity index is 696. The molecule has 0 N–H and O–H groups in total. The van der Waals surface area contributed by atoms with Crippen molar-refractivity contribution in [3.8, 4) is 0 Å². The van der Waals surface area contributed by atoms with E-state index < -0.39 is 0 Å². The molecule has 0 saturated carbocycles. The molecule has 1 unspecified atom stereocenters. The van der Waals surface area contributed by atoms with Gasteiger partial charge in [0.2, 0.25) is 5.95 Å². The third kappa shape index (κ3) is 3.81. The predicted octanol–water partition coefficient (Wildman–Crippen LogP) is 2.20.